The lowest BCUT2D eigenvalue weighted by Crippen LogP contribution is -2.52. The van der Waals surface area contributed by atoms with Crippen molar-refractivity contribution in [2.75, 3.05) is 26.3 Å². The van der Waals surface area contributed by atoms with Gasteiger partial charge in [0, 0.05) is 31.7 Å². The highest BCUT2D eigenvalue weighted by atomic mass is 19.1. The summed E-state index contributed by atoms with van der Waals surface area (Å²) in [6.45, 7) is 2.04. The molecule has 2 aliphatic rings. The van der Waals surface area contributed by atoms with Gasteiger partial charge < -0.3 is 20.7 Å². The Labute approximate surface area is 146 Å². The van der Waals surface area contributed by atoms with E-state index in [0.717, 1.165) is 12.0 Å². The maximum atomic E-state index is 13.7. The van der Waals surface area contributed by atoms with Crippen molar-refractivity contribution in [3.63, 3.8) is 0 Å². The number of primary amides is 1. The van der Waals surface area contributed by atoms with Crippen molar-refractivity contribution in [1.29, 1.82) is 0 Å². The molecule has 0 unspecified atom stereocenters. The van der Waals surface area contributed by atoms with Crippen molar-refractivity contribution >= 4 is 11.9 Å². The average Bonchev–Trinajstić information content (AvgIpc) is 3.11. The van der Waals surface area contributed by atoms with Gasteiger partial charge >= 0.3 is 6.03 Å². The van der Waals surface area contributed by atoms with E-state index in [9.17, 15) is 14.0 Å². The summed E-state index contributed by atoms with van der Waals surface area (Å²) >= 11 is 0. The number of halogens is 1. The monoisotopic (exact) mass is 349 g/mol. The zero-order chi connectivity index (χ0) is 17.9. The third kappa shape index (κ3) is 3.76. The zero-order valence-electron chi connectivity index (χ0n) is 14.2. The first-order valence-corrected chi connectivity index (χ1v) is 8.69. The van der Waals surface area contributed by atoms with Gasteiger partial charge in [-0.3, -0.25) is 4.79 Å². The largest absolute Gasteiger partial charge is 0.381 e. The number of carbonyl (C=O) groups excluding carboxylic acids is 2. The number of urea groups is 1. The molecule has 0 spiro atoms. The highest BCUT2D eigenvalue weighted by Gasteiger charge is 2.37. The maximum absolute atomic E-state index is 13.7. The minimum atomic E-state index is -0.542. The molecule has 2 fully saturated rings. The van der Waals surface area contributed by atoms with E-state index in [2.05, 4.69) is 5.32 Å². The van der Waals surface area contributed by atoms with Crippen LogP contribution in [-0.4, -0.2) is 49.2 Å². The van der Waals surface area contributed by atoms with Crippen LogP contribution in [0.2, 0.25) is 0 Å². The molecular formula is C18H24FN3O3. The molecular weight excluding hydrogens is 325 g/mol. The van der Waals surface area contributed by atoms with E-state index in [1.165, 1.54) is 17.0 Å². The predicted octanol–water partition coefficient (Wildman–Crippen LogP) is 1.53. The second-order valence-electron chi connectivity index (χ2n) is 6.82. The first-order chi connectivity index (χ1) is 12.0. The molecule has 2 heterocycles. The Morgan fingerprint density at radius 3 is 2.80 bits per heavy atom. The molecule has 3 amide bonds. The van der Waals surface area contributed by atoms with Gasteiger partial charge in [0.15, 0.2) is 0 Å². The van der Waals surface area contributed by atoms with Gasteiger partial charge in [-0.2, -0.15) is 0 Å². The molecule has 0 aromatic heterocycles. The van der Waals surface area contributed by atoms with Crippen molar-refractivity contribution in [3.05, 3.63) is 35.6 Å². The van der Waals surface area contributed by atoms with Crippen molar-refractivity contribution in [3.8, 4) is 0 Å². The molecule has 136 valence electrons. The smallest absolute Gasteiger partial charge is 0.318 e. The summed E-state index contributed by atoms with van der Waals surface area (Å²) in [5.41, 5.74) is 5.88. The van der Waals surface area contributed by atoms with Gasteiger partial charge in [-0.05, 0) is 43.4 Å². The van der Waals surface area contributed by atoms with Gasteiger partial charge in [-0.25, -0.2) is 9.18 Å². The third-order valence-electron chi connectivity index (χ3n) is 5.31. The Morgan fingerprint density at radius 1 is 1.36 bits per heavy atom. The number of hydrogen-bond donors (Lipinski definition) is 2. The normalized spacial score (nSPS) is 22.6. The van der Waals surface area contributed by atoms with Crippen LogP contribution in [0.1, 0.15) is 31.2 Å². The van der Waals surface area contributed by atoms with Gasteiger partial charge in [-0.1, -0.05) is 12.1 Å². The number of rotatable bonds is 4. The Balaban J connectivity index is 1.73. The number of nitrogens with one attached hydrogen (secondary N) is 1. The zero-order valence-corrected chi connectivity index (χ0v) is 14.2. The molecule has 25 heavy (non-hydrogen) atoms. The molecule has 3 N–H and O–H groups in total. The van der Waals surface area contributed by atoms with Crippen molar-refractivity contribution < 1.29 is 18.7 Å². The molecule has 0 radical (unpaired) electrons. The van der Waals surface area contributed by atoms with Crippen LogP contribution >= 0.6 is 0 Å². The summed E-state index contributed by atoms with van der Waals surface area (Å²) in [4.78, 5) is 25.5. The fourth-order valence-electron chi connectivity index (χ4n) is 3.80. The number of amides is 3. The second kappa shape index (κ2) is 7.39. The summed E-state index contributed by atoms with van der Waals surface area (Å²) in [6, 6.07) is 5.69. The van der Waals surface area contributed by atoms with Crippen molar-refractivity contribution in [1.82, 2.24) is 10.2 Å². The van der Waals surface area contributed by atoms with Crippen LogP contribution in [0, 0.1) is 5.82 Å². The van der Waals surface area contributed by atoms with E-state index < -0.39 is 11.9 Å². The van der Waals surface area contributed by atoms with Crippen LogP contribution < -0.4 is 11.1 Å². The Kier molecular flexibility index (Phi) is 5.22. The summed E-state index contributed by atoms with van der Waals surface area (Å²) in [5, 5.41) is 2.94. The van der Waals surface area contributed by atoms with Crippen LogP contribution in [0.4, 0.5) is 9.18 Å². The highest BCUT2D eigenvalue weighted by Crippen LogP contribution is 2.34. The maximum Gasteiger partial charge on any atom is 0.318 e. The van der Waals surface area contributed by atoms with E-state index in [4.69, 9.17) is 10.5 Å². The number of nitrogens with two attached hydrogens (primary N) is 1. The molecule has 0 bridgehead atoms. The number of benzene rings is 1. The van der Waals surface area contributed by atoms with Gasteiger partial charge in [-0.15, -0.1) is 0 Å². The fourth-order valence-corrected chi connectivity index (χ4v) is 3.80. The Hall–Kier alpha value is -2.15. The molecule has 6 nitrogen and oxygen atoms in total. The van der Waals surface area contributed by atoms with Crippen LogP contribution in [-0.2, 0) is 14.9 Å². The van der Waals surface area contributed by atoms with E-state index in [1.807, 2.05) is 6.07 Å². The Bertz CT molecular complexity index is 646. The number of likely N-dealkylation sites (tertiary alicyclic amines) is 1. The summed E-state index contributed by atoms with van der Waals surface area (Å²) in [6.07, 6.45) is 2.78. The second-order valence-corrected chi connectivity index (χ2v) is 6.82. The number of ether oxygens (including phenoxy) is 1. The van der Waals surface area contributed by atoms with Gasteiger partial charge in [0.2, 0.25) is 5.91 Å². The van der Waals surface area contributed by atoms with Crippen molar-refractivity contribution in [2.45, 2.75) is 37.1 Å². The average molecular weight is 349 g/mol. The Morgan fingerprint density at radius 2 is 2.12 bits per heavy atom. The number of hydrogen-bond acceptors (Lipinski definition) is 3. The standard InChI is InChI=1S/C18H24FN3O3/c19-14-4-1-3-13(11-14)18(6-9-25-10-7-18)12-21-17(24)22-8-2-5-15(22)16(20)23/h1,3-4,11,15H,2,5-10,12H2,(H2,20,23)(H,21,24)/t15-/m1/s1. The molecule has 2 saturated heterocycles. The molecule has 0 aliphatic carbocycles. The fraction of sp³-hybridized carbons (Fsp3) is 0.556. The topological polar surface area (TPSA) is 84.7 Å². The van der Waals surface area contributed by atoms with E-state index in [-0.39, 0.29) is 17.3 Å². The van der Waals surface area contributed by atoms with Crippen LogP contribution in [0.25, 0.3) is 0 Å². The minimum Gasteiger partial charge on any atom is -0.381 e. The lowest BCUT2D eigenvalue weighted by atomic mass is 9.74. The highest BCUT2D eigenvalue weighted by molar-refractivity contribution is 5.86. The van der Waals surface area contributed by atoms with Gasteiger partial charge in [0.05, 0.1) is 0 Å². The lowest BCUT2D eigenvalue weighted by Gasteiger charge is -2.38. The summed E-state index contributed by atoms with van der Waals surface area (Å²) in [5.74, 6) is -0.762. The first kappa shape index (κ1) is 17.7. The molecule has 1 aromatic carbocycles. The number of nitrogens with zero attached hydrogens (tertiary/aromatic N) is 1. The van der Waals surface area contributed by atoms with E-state index >= 15 is 0 Å². The SMILES string of the molecule is NC(=O)[C@H]1CCCN1C(=O)NCC1(c2cccc(F)c2)CCOCC1. The van der Waals surface area contributed by atoms with Crippen LogP contribution in [0.3, 0.4) is 0 Å². The molecule has 3 rings (SSSR count). The predicted molar refractivity (Wildman–Crippen MR) is 90.5 cm³/mol. The third-order valence-corrected chi connectivity index (χ3v) is 5.31. The summed E-state index contributed by atoms with van der Waals surface area (Å²) in [7, 11) is 0. The molecule has 1 aromatic rings. The molecule has 0 saturated carbocycles. The molecule has 7 heteroatoms. The van der Waals surface area contributed by atoms with E-state index in [0.29, 0.717) is 45.6 Å². The summed E-state index contributed by atoms with van der Waals surface area (Å²) < 4.78 is 19.2. The van der Waals surface area contributed by atoms with Gasteiger partial charge in [0.25, 0.3) is 0 Å². The number of carbonyl (C=O) groups is 2. The molecule has 1 atom stereocenters. The van der Waals surface area contributed by atoms with Gasteiger partial charge in [0.1, 0.15) is 11.9 Å². The van der Waals surface area contributed by atoms with E-state index in [1.54, 1.807) is 6.07 Å². The first-order valence-electron chi connectivity index (χ1n) is 8.69. The lowest BCUT2D eigenvalue weighted by molar-refractivity contribution is -0.121. The van der Waals surface area contributed by atoms with Crippen LogP contribution in [0.5, 0.6) is 0 Å². The molecule has 2 aliphatic heterocycles. The quantitative estimate of drug-likeness (QED) is 0.865. The van der Waals surface area contributed by atoms with Crippen molar-refractivity contribution in [2.24, 2.45) is 5.73 Å². The van der Waals surface area contributed by atoms with Crippen LogP contribution in [0.15, 0.2) is 24.3 Å². The minimum absolute atomic E-state index is 0.288.